The van der Waals surface area contributed by atoms with Crippen molar-refractivity contribution in [2.45, 2.75) is 6.92 Å². The Balaban J connectivity index is 1.97. The SMILES string of the molecule is COc1ccc(C(=O)NCC(=O)Nc2cc(C)ccc2OC)cc1F. The number of ether oxygens (including phenoxy) is 2. The van der Waals surface area contributed by atoms with Crippen LogP contribution in [0.25, 0.3) is 0 Å². The molecule has 132 valence electrons. The maximum atomic E-state index is 13.6. The summed E-state index contributed by atoms with van der Waals surface area (Å²) < 4.78 is 23.6. The average molecular weight is 346 g/mol. The fourth-order valence-corrected chi connectivity index (χ4v) is 2.18. The number of halogens is 1. The third kappa shape index (κ3) is 4.69. The van der Waals surface area contributed by atoms with E-state index in [0.29, 0.717) is 11.4 Å². The summed E-state index contributed by atoms with van der Waals surface area (Å²) in [5.74, 6) is -1.08. The zero-order chi connectivity index (χ0) is 18.4. The first-order valence-electron chi connectivity index (χ1n) is 7.51. The van der Waals surface area contributed by atoms with Gasteiger partial charge >= 0.3 is 0 Å². The Kier molecular flexibility index (Phi) is 5.94. The molecule has 0 radical (unpaired) electrons. The number of rotatable bonds is 6. The van der Waals surface area contributed by atoms with Gasteiger partial charge in [-0.05, 0) is 42.8 Å². The van der Waals surface area contributed by atoms with Gasteiger partial charge in [0.15, 0.2) is 11.6 Å². The minimum absolute atomic E-state index is 0.0424. The van der Waals surface area contributed by atoms with E-state index in [0.717, 1.165) is 11.6 Å². The summed E-state index contributed by atoms with van der Waals surface area (Å²) in [6.45, 7) is 1.62. The number of nitrogens with one attached hydrogen (secondary N) is 2. The maximum Gasteiger partial charge on any atom is 0.251 e. The molecule has 0 fully saturated rings. The molecule has 25 heavy (non-hydrogen) atoms. The number of aryl methyl sites for hydroxylation is 1. The van der Waals surface area contributed by atoms with Gasteiger partial charge in [-0.15, -0.1) is 0 Å². The fraction of sp³-hybridized carbons (Fsp3) is 0.222. The van der Waals surface area contributed by atoms with E-state index in [4.69, 9.17) is 9.47 Å². The number of carbonyl (C=O) groups excluding carboxylic acids is 2. The molecule has 0 atom stereocenters. The van der Waals surface area contributed by atoms with Crippen LogP contribution in [0.5, 0.6) is 11.5 Å². The van der Waals surface area contributed by atoms with Crippen molar-refractivity contribution in [1.29, 1.82) is 0 Å². The number of hydrogen-bond acceptors (Lipinski definition) is 4. The lowest BCUT2D eigenvalue weighted by molar-refractivity contribution is -0.115. The van der Waals surface area contributed by atoms with E-state index < -0.39 is 17.6 Å². The van der Waals surface area contributed by atoms with E-state index in [1.165, 1.54) is 26.4 Å². The standard InChI is InChI=1S/C18H19FN2O4/c1-11-4-6-16(25-3)14(8-11)21-17(22)10-20-18(23)12-5-7-15(24-2)13(19)9-12/h4-9H,10H2,1-3H3,(H,20,23)(H,21,22). The molecule has 2 aromatic carbocycles. The molecule has 0 aliphatic heterocycles. The molecular weight excluding hydrogens is 327 g/mol. The molecule has 0 unspecified atom stereocenters. The molecule has 0 saturated carbocycles. The van der Waals surface area contributed by atoms with Crippen LogP contribution in [-0.4, -0.2) is 32.6 Å². The largest absolute Gasteiger partial charge is 0.495 e. The molecule has 0 aliphatic rings. The van der Waals surface area contributed by atoms with Crippen LogP contribution in [0.15, 0.2) is 36.4 Å². The van der Waals surface area contributed by atoms with Crippen molar-refractivity contribution in [3.05, 3.63) is 53.3 Å². The highest BCUT2D eigenvalue weighted by molar-refractivity contribution is 5.99. The second kappa shape index (κ2) is 8.14. The van der Waals surface area contributed by atoms with E-state index in [1.807, 2.05) is 13.0 Å². The van der Waals surface area contributed by atoms with Crippen molar-refractivity contribution < 1.29 is 23.5 Å². The van der Waals surface area contributed by atoms with Crippen LogP contribution in [0.3, 0.4) is 0 Å². The van der Waals surface area contributed by atoms with Crippen LogP contribution in [0.2, 0.25) is 0 Å². The van der Waals surface area contributed by atoms with E-state index >= 15 is 0 Å². The van der Waals surface area contributed by atoms with Crippen molar-refractivity contribution in [3.63, 3.8) is 0 Å². The topological polar surface area (TPSA) is 76.7 Å². The smallest absolute Gasteiger partial charge is 0.251 e. The van der Waals surface area contributed by atoms with Gasteiger partial charge < -0.3 is 20.1 Å². The monoisotopic (exact) mass is 346 g/mol. The first-order valence-corrected chi connectivity index (χ1v) is 7.51. The average Bonchev–Trinajstić information content (AvgIpc) is 2.59. The first kappa shape index (κ1) is 18.3. The first-order chi connectivity index (χ1) is 11.9. The lowest BCUT2D eigenvalue weighted by Gasteiger charge is -2.11. The second-order valence-corrected chi connectivity index (χ2v) is 5.28. The van der Waals surface area contributed by atoms with E-state index in [1.54, 1.807) is 12.1 Å². The van der Waals surface area contributed by atoms with Gasteiger partial charge in [-0.1, -0.05) is 6.07 Å². The van der Waals surface area contributed by atoms with Gasteiger partial charge in [0.25, 0.3) is 5.91 Å². The summed E-state index contributed by atoms with van der Waals surface area (Å²) in [5, 5.41) is 5.10. The lowest BCUT2D eigenvalue weighted by Crippen LogP contribution is -2.33. The third-order valence-corrected chi connectivity index (χ3v) is 3.45. The number of methoxy groups -OCH3 is 2. The minimum Gasteiger partial charge on any atom is -0.495 e. The molecule has 2 amide bonds. The van der Waals surface area contributed by atoms with Crippen LogP contribution in [0.1, 0.15) is 15.9 Å². The van der Waals surface area contributed by atoms with Crippen molar-refractivity contribution >= 4 is 17.5 Å². The molecule has 2 N–H and O–H groups in total. The third-order valence-electron chi connectivity index (χ3n) is 3.45. The summed E-state index contributed by atoms with van der Waals surface area (Å²) in [6.07, 6.45) is 0. The van der Waals surface area contributed by atoms with Gasteiger partial charge in [0.05, 0.1) is 26.5 Å². The highest BCUT2D eigenvalue weighted by Gasteiger charge is 2.12. The summed E-state index contributed by atoms with van der Waals surface area (Å²) in [6, 6.07) is 9.17. The number of benzene rings is 2. The van der Waals surface area contributed by atoms with Crippen LogP contribution < -0.4 is 20.1 Å². The van der Waals surface area contributed by atoms with Gasteiger partial charge in [-0.3, -0.25) is 9.59 Å². The zero-order valence-corrected chi connectivity index (χ0v) is 14.2. The molecule has 0 saturated heterocycles. The van der Waals surface area contributed by atoms with Crippen molar-refractivity contribution in [2.75, 3.05) is 26.1 Å². The Labute approximate surface area is 144 Å². The summed E-state index contributed by atoms with van der Waals surface area (Å²) in [5.41, 5.74) is 1.56. The van der Waals surface area contributed by atoms with Gasteiger partial charge in [0.2, 0.25) is 5.91 Å². The maximum absolute atomic E-state index is 13.6. The molecule has 2 aromatic rings. The molecular formula is C18H19FN2O4. The highest BCUT2D eigenvalue weighted by atomic mass is 19.1. The quantitative estimate of drug-likeness (QED) is 0.843. The summed E-state index contributed by atoms with van der Waals surface area (Å²) >= 11 is 0. The predicted octanol–water partition coefficient (Wildman–Crippen LogP) is 2.52. The van der Waals surface area contributed by atoms with Crippen LogP contribution in [-0.2, 0) is 4.79 Å². The van der Waals surface area contributed by atoms with Crippen molar-refractivity contribution in [1.82, 2.24) is 5.32 Å². The molecule has 0 bridgehead atoms. The number of carbonyl (C=O) groups is 2. The highest BCUT2D eigenvalue weighted by Crippen LogP contribution is 2.25. The van der Waals surface area contributed by atoms with Gasteiger partial charge in [0, 0.05) is 5.56 Å². The lowest BCUT2D eigenvalue weighted by atomic mass is 10.2. The normalized spacial score (nSPS) is 10.1. The zero-order valence-electron chi connectivity index (χ0n) is 14.2. The van der Waals surface area contributed by atoms with Crippen molar-refractivity contribution in [3.8, 4) is 11.5 Å². The Bertz CT molecular complexity index is 793. The van der Waals surface area contributed by atoms with E-state index in [9.17, 15) is 14.0 Å². The molecule has 0 aliphatic carbocycles. The van der Waals surface area contributed by atoms with Crippen molar-refractivity contribution in [2.24, 2.45) is 0 Å². The Morgan fingerprint density at radius 3 is 2.36 bits per heavy atom. The molecule has 0 aromatic heterocycles. The molecule has 6 nitrogen and oxygen atoms in total. The molecule has 7 heteroatoms. The Morgan fingerprint density at radius 2 is 1.72 bits per heavy atom. The van der Waals surface area contributed by atoms with Crippen LogP contribution in [0.4, 0.5) is 10.1 Å². The van der Waals surface area contributed by atoms with E-state index in [2.05, 4.69) is 10.6 Å². The molecule has 0 heterocycles. The van der Waals surface area contributed by atoms with Gasteiger partial charge in [-0.2, -0.15) is 0 Å². The van der Waals surface area contributed by atoms with Gasteiger partial charge in [0.1, 0.15) is 5.75 Å². The molecule has 0 spiro atoms. The fourth-order valence-electron chi connectivity index (χ4n) is 2.18. The Hall–Kier alpha value is -3.09. The predicted molar refractivity (Wildman–Crippen MR) is 91.6 cm³/mol. The Morgan fingerprint density at radius 1 is 1.04 bits per heavy atom. The second-order valence-electron chi connectivity index (χ2n) is 5.28. The minimum atomic E-state index is -0.649. The van der Waals surface area contributed by atoms with Crippen LogP contribution >= 0.6 is 0 Å². The summed E-state index contributed by atoms with van der Waals surface area (Å²) in [4.78, 5) is 24.0. The van der Waals surface area contributed by atoms with Gasteiger partial charge in [-0.25, -0.2) is 4.39 Å². The summed E-state index contributed by atoms with van der Waals surface area (Å²) in [7, 11) is 2.84. The number of amides is 2. The number of hydrogen-bond donors (Lipinski definition) is 2. The number of anilines is 1. The van der Waals surface area contributed by atoms with Crippen LogP contribution in [0, 0.1) is 12.7 Å². The molecule has 2 rings (SSSR count). The van der Waals surface area contributed by atoms with E-state index in [-0.39, 0.29) is 17.9 Å².